The van der Waals surface area contributed by atoms with E-state index >= 15 is 0 Å². The zero-order chi connectivity index (χ0) is 16.8. The van der Waals surface area contributed by atoms with Gasteiger partial charge in [-0.15, -0.1) is 0 Å². The molecule has 1 aromatic heterocycles. The van der Waals surface area contributed by atoms with Crippen LogP contribution in [0.3, 0.4) is 0 Å². The van der Waals surface area contributed by atoms with E-state index in [4.69, 9.17) is 0 Å². The van der Waals surface area contributed by atoms with E-state index in [0.717, 1.165) is 12.1 Å². The lowest BCUT2D eigenvalue weighted by molar-refractivity contribution is 0.0947. The normalized spacial score (nSPS) is 10.7. The molecule has 0 fully saturated rings. The molecule has 0 unspecified atom stereocenters. The number of carbonyl (C=O) groups is 1. The van der Waals surface area contributed by atoms with Crippen molar-refractivity contribution in [1.82, 2.24) is 15.3 Å². The summed E-state index contributed by atoms with van der Waals surface area (Å²) < 4.78 is 0. The molecule has 0 saturated heterocycles. The Labute approximate surface area is 137 Å². The first-order chi connectivity index (χ1) is 10.9. The molecule has 0 aliphatic rings. The molecule has 1 heterocycles. The second-order valence-corrected chi connectivity index (χ2v) is 6.23. The number of carbonyl (C=O) groups excluding carboxylic acids is 1. The molecule has 0 saturated carbocycles. The Bertz CT molecular complexity index is 662. The molecular weight excluding hydrogens is 288 g/mol. The van der Waals surface area contributed by atoms with Crippen LogP contribution in [-0.4, -0.2) is 22.4 Å². The molecule has 2 aromatic rings. The quantitative estimate of drug-likeness (QED) is 0.855. The maximum absolute atomic E-state index is 12.1. The average molecular weight is 312 g/mol. The lowest BCUT2D eigenvalue weighted by Crippen LogP contribution is -2.26. The van der Waals surface area contributed by atoms with Crippen LogP contribution < -0.4 is 10.6 Å². The van der Waals surface area contributed by atoms with Crippen molar-refractivity contribution in [1.29, 1.82) is 0 Å². The smallest absolute Gasteiger partial charge is 0.270 e. The van der Waals surface area contributed by atoms with Crippen molar-refractivity contribution >= 4 is 17.4 Å². The van der Waals surface area contributed by atoms with E-state index in [2.05, 4.69) is 40.5 Å². The molecule has 2 N–H and O–H groups in total. The van der Waals surface area contributed by atoms with Gasteiger partial charge in [0.1, 0.15) is 17.8 Å². The standard InChI is InChI=1S/C18H24N4O/c1-12(2)5-6-19-18(23)16-10-17(21-11-20-16)22-15-8-13(3)7-14(4)9-15/h7-12H,5-6H2,1-4H3,(H,19,23)(H,20,21,22). The second-order valence-electron chi connectivity index (χ2n) is 6.23. The molecule has 122 valence electrons. The van der Waals surface area contributed by atoms with Crippen LogP contribution in [0, 0.1) is 19.8 Å². The van der Waals surface area contributed by atoms with Crippen molar-refractivity contribution in [3.8, 4) is 0 Å². The van der Waals surface area contributed by atoms with Crippen LogP contribution in [0.15, 0.2) is 30.6 Å². The van der Waals surface area contributed by atoms with Gasteiger partial charge in [-0.2, -0.15) is 0 Å². The van der Waals surface area contributed by atoms with Crippen molar-refractivity contribution in [3.05, 3.63) is 47.4 Å². The van der Waals surface area contributed by atoms with Crippen LogP contribution in [0.2, 0.25) is 0 Å². The minimum absolute atomic E-state index is 0.170. The third-order valence-electron chi connectivity index (χ3n) is 3.40. The van der Waals surface area contributed by atoms with E-state index in [1.807, 2.05) is 26.0 Å². The molecule has 1 amide bonds. The van der Waals surface area contributed by atoms with Gasteiger partial charge in [0.15, 0.2) is 0 Å². The third-order valence-corrected chi connectivity index (χ3v) is 3.40. The lowest BCUT2D eigenvalue weighted by atomic mass is 10.1. The number of hydrogen-bond donors (Lipinski definition) is 2. The molecule has 0 bridgehead atoms. The van der Waals surface area contributed by atoms with Gasteiger partial charge in [-0.25, -0.2) is 9.97 Å². The van der Waals surface area contributed by atoms with Crippen molar-refractivity contribution in [2.45, 2.75) is 34.1 Å². The van der Waals surface area contributed by atoms with Gasteiger partial charge in [-0.05, 0) is 49.4 Å². The largest absolute Gasteiger partial charge is 0.351 e. The van der Waals surface area contributed by atoms with Gasteiger partial charge in [0.25, 0.3) is 5.91 Å². The first kappa shape index (κ1) is 16.9. The molecule has 0 radical (unpaired) electrons. The topological polar surface area (TPSA) is 66.9 Å². The van der Waals surface area contributed by atoms with E-state index in [1.54, 1.807) is 6.07 Å². The maximum atomic E-state index is 12.1. The van der Waals surface area contributed by atoms with Gasteiger partial charge >= 0.3 is 0 Å². The molecule has 5 nitrogen and oxygen atoms in total. The molecular formula is C18H24N4O. The summed E-state index contributed by atoms with van der Waals surface area (Å²) in [7, 11) is 0. The fourth-order valence-electron chi connectivity index (χ4n) is 2.31. The number of hydrogen-bond acceptors (Lipinski definition) is 4. The number of aromatic nitrogens is 2. The predicted molar refractivity (Wildman–Crippen MR) is 93.0 cm³/mol. The number of nitrogens with one attached hydrogen (secondary N) is 2. The van der Waals surface area contributed by atoms with Crippen LogP contribution >= 0.6 is 0 Å². The SMILES string of the molecule is Cc1cc(C)cc(Nc2cc(C(=O)NCCC(C)C)ncn2)c1. The van der Waals surface area contributed by atoms with E-state index in [9.17, 15) is 4.79 Å². The number of rotatable bonds is 6. The minimum Gasteiger partial charge on any atom is -0.351 e. The highest BCUT2D eigenvalue weighted by atomic mass is 16.1. The molecule has 0 aliphatic heterocycles. The van der Waals surface area contributed by atoms with Crippen LogP contribution in [0.25, 0.3) is 0 Å². The highest BCUT2D eigenvalue weighted by molar-refractivity contribution is 5.92. The highest BCUT2D eigenvalue weighted by Crippen LogP contribution is 2.18. The van der Waals surface area contributed by atoms with Crippen LogP contribution in [0.4, 0.5) is 11.5 Å². The van der Waals surface area contributed by atoms with Crippen molar-refractivity contribution in [2.75, 3.05) is 11.9 Å². The zero-order valence-corrected chi connectivity index (χ0v) is 14.2. The van der Waals surface area contributed by atoms with Gasteiger partial charge in [0, 0.05) is 18.3 Å². The van der Waals surface area contributed by atoms with Crippen molar-refractivity contribution < 1.29 is 4.79 Å². The Kier molecular flexibility index (Phi) is 5.68. The summed E-state index contributed by atoms with van der Waals surface area (Å²) in [6.07, 6.45) is 2.35. The molecule has 0 aliphatic carbocycles. The summed E-state index contributed by atoms with van der Waals surface area (Å²) in [5.41, 5.74) is 3.67. The Morgan fingerprint density at radius 2 is 1.78 bits per heavy atom. The fraction of sp³-hybridized carbons (Fsp3) is 0.389. The van der Waals surface area contributed by atoms with Gasteiger partial charge in [0.2, 0.25) is 0 Å². The van der Waals surface area contributed by atoms with E-state index in [1.165, 1.54) is 17.5 Å². The summed E-state index contributed by atoms with van der Waals surface area (Å²) >= 11 is 0. The molecule has 2 rings (SSSR count). The Balaban J connectivity index is 2.05. The van der Waals surface area contributed by atoms with E-state index in [-0.39, 0.29) is 5.91 Å². The van der Waals surface area contributed by atoms with Crippen molar-refractivity contribution in [3.63, 3.8) is 0 Å². The number of aryl methyl sites for hydroxylation is 2. The first-order valence-electron chi connectivity index (χ1n) is 7.89. The van der Waals surface area contributed by atoms with E-state index in [0.29, 0.717) is 24.0 Å². The lowest BCUT2D eigenvalue weighted by Gasteiger charge is -2.10. The third kappa shape index (κ3) is 5.36. The van der Waals surface area contributed by atoms with E-state index < -0.39 is 0 Å². The molecule has 1 aromatic carbocycles. The molecule has 23 heavy (non-hydrogen) atoms. The number of nitrogens with zero attached hydrogens (tertiary/aromatic N) is 2. The van der Waals surface area contributed by atoms with Crippen LogP contribution in [0.1, 0.15) is 41.9 Å². The second kappa shape index (κ2) is 7.72. The maximum Gasteiger partial charge on any atom is 0.270 e. The minimum atomic E-state index is -0.170. The monoisotopic (exact) mass is 312 g/mol. The van der Waals surface area contributed by atoms with Crippen LogP contribution in [0.5, 0.6) is 0 Å². The van der Waals surface area contributed by atoms with Crippen molar-refractivity contribution in [2.24, 2.45) is 5.92 Å². The fourth-order valence-corrected chi connectivity index (χ4v) is 2.31. The van der Waals surface area contributed by atoms with Gasteiger partial charge in [0.05, 0.1) is 0 Å². The molecule has 0 atom stereocenters. The Morgan fingerprint density at radius 3 is 2.43 bits per heavy atom. The summed E-state index contributed by atoms with van der Waals surface area (Å²) in [6, 6.07) is 7.86. The van der Waals surface area contributed by atoms with Gasteiger partial charge in [-0.1, -0.05) is 19.9 Å². The van der Waals surface area contributed by atoms with Gasteiger partial charge in [-0.3, -0.25) is 4.79 Å². The summed E-state index contributed by atoms with van der Waals surface area (Å²) in [5.74, 6) is 0.998. The summed E-state index contributed by atoms with van der Waals surface area (Å²) in [5, 5.41) is 6.11. The number of amides is 1. The zero-order valence-electron chi connectivity index (χ0n) is 14.2. The Hall–Kier alpha value is -2.43. The summed E-state index contributed by atoms with van der Waals surface area (Å²) in [6.45, 7) is 9.00. The molecule has 0 spiro atoms. The van der Waals surface area contributed by atoms with Crippen LogP contribution in [-0.2, 0) is 0 Å². The number of benzene rings is 1. The number of anilines is 2. The molecule has 5 heteroatoms. The van der Waals surface area contributed by atoms with Gasteiger partial charge < -0.3 is 10.6 Å². The highest BCUT2D eigenvalue weighted by Gasteiger charge is 2.09. The first-order valence-corrected chi connectivity index (χ1v) is 7.89. The predicted octanol–water partition coefficient (Wildman–Crippen LogP) is 3.61. The average Bonchev–Trinajstić information content (AvgIpc) is 2.46. The summed E-state index contributed by atoms with van der Waals surface area (Å²) in [4.78, 5) is 20.3. The Morgan fingerprint density at radius 1 is 1.09 bits per heavy atom.